The molecule has 0 aromatic heterocycles. The summed E-state index contributed by atoms with van der Waals surface area (Å²) in [5.41, 5.74) is 0. The summed E-state index contributed by atoms with van der Waals surface area (Å²) >= 11 is 0. The van der Waals surface area contributed by atoms with Gasteiger partial charge < -0.3 is 20.0 Å². The molecule has 1 unspecified atom stereocenters. The molecule has 0 radical (unpaired) electrons. The van der Waals surface area contributed by atoms with Crippen LogP contribution >= 0.6 is 0 Å². The highest BCUT2D eigenvalue weighted by Crippen LogP contribution is 2.21. The minimum atomic E-state index is -1.34. The van der Waals surface area contributed by atoms with E-state index in [1.54, 1.807) is 22.0 Å². The molecule has 0 aliphatic carbocycles. The smallest absolute Gasteiger partial charge is 0.332 e. The Morgan fingerprint density at radius 2 is 1.75 bits per heavy atom. The van der Waals surface area contributed by atoms with Crippen LogP contribution in [0.3, 0.4) is 0 Å². The topological polar surface area (TPSA) is 81.1 Å². The Morgan fingerprint density at radius 1 is 1.25 bits per heavy atom. The van der Waals surface area contributed by atoms with Gasteiger partial charge in [0, 0.05) is 26.2 Å². The number of hydrogen-bond acceptors (Lipinski definition) is 3. The highest BCUT2D eigenvalue weighted by molar-refractivity contribution is 5.75. The Balaban J connectivity index is 2.55. The second-order valence-electron chi connectivity index (χ2n) is 4.87. The number of carbonyl (C=O) groups excluding carboxylic acids is 1. The highest BCUT2D eigenvalue weighted by Gasteiger charge is 2.32. The Hall–Kier alpha value is -1.82. The summed E-state index contributed by atoms with van der Waals surface area (Å²) in [4.78, 5) is 26.3. The van der Waals surface area contributed by atoms with Crippen LogP contribution in [0.1, 0.15) is 12.8 Å². The molecule has 0 bridgehead atoms. The quantitative estimate of drug-likeness (QED) is 0.710. The van der Waals surface area contributed by atoms with Gasteiger partial charge in [-0.1, -0.05) is 12.2 Å². The number of piperidine rings is 1. The fourth-order valence-corrected chi connectivity index (χ4v) is 2.35. The molecule has 1 saturated heterocycles. The number of carboxylic acids is 1. The van der Waals surface area contributed by atoms with E-state index in [1.807, 2.05) is 0 Å². The number of likely N-dealkylation sites (tertiary alicyclic amines) is 1. The summed E-state index contributed by atoms with van der Waals surface area (Å²) in [5, 5.41) is 18.3. The maximum absolute atomic E-state index is 12.3. The lowest BCUT2D eigenvalue weighted by molar-refractivity contribution is -0.150. The summed E-state index contributed by atoms with van der Waals surface area (Å²) < 4.78 is 0. The zero-order valence-corrected chi connectivity index (χ0v) is 11.6. The number of rotatable bonds is 6. The standard InChI is InChI=1S/C14H22N2O4/c1-3-7-15(8-4-2)14(20)16-9-5-11(6-10-16)12(17)13(18)19/h3-4,11-12,17H,1-2,5-10H2,(H,18,19). The van der Waals surface area contributed by atoms with Crippen LogP contribution in [-0.4, -0.2) is 64.3 Å². The van der Waals surface area contributed by atoms with E-state index in [1.165, 1.54) is 0 Å². The van der Waals surface area contributed by atoms with Gasteiger partial charge in [0.15, 0.2) is 6.10 Å². The van der Waals surface area contributed by atoms with Crippen molar-refractivity contribution in [1.82, 2.24) is 9.80 Å². The summed E-state index contributed by atoms with van der Waals surface area (Å²) in [6.45, 7) is 9.05. The number of hydrogen-bond donors (Lipinski definition) is 2. The van der Waals surface area contributed by atoms with Crippen LogP contribution in [-0.2, 0) is 4.79 Å². The first-order valence-corrected chi connectivity index (χ1v) is 6.67. The van der Waals surface area contributed by atoms with Gasteiger partial charge in [-0.05, 0) is 18.8 Å². The Bertz CT molecular complexity index is 365. The number of aliphatic carboxylic acids is 1. The minimum absolute atomic E-state index is 0.104. The second-order valence-corrected chi connectivity index (χ2v) is 4.87. The molecule has 1 aliphatic heterocycles. The molecule has 112 valence electrons. The van der Waals surface area contributed by atoms with Crippen molar-refractivity contribution >= 4 is 12.0 Å². The van der Waals surface area contributed by atoms with Gasteiger partial charge >= 0.3 is 12.0 Å². The molecule has 1 atom stereocenters. The maximum atomic E-state index is 12.3. The first-order chi connectivity index (χ1) is 9.51. The zero-order valence-electron chi connectivity index (χ0n) is 11.6. The van der Waals surface area contributed by atoms with Gasteiger partial charge in [-0.15, -0.1) is 13.2 Å². The lowest BCUT2D eigenvalue weighted by atomic mass is 9.91. The molecule has 0 aromatic rings. The lowest BCUT2D eigenvalue weighted by Gasteiger charge is -2.36. The number of aliphatic hydroxyl groups is 1. The number of aliphatic hydroxyl groups excluding tert-OH is 1. The van der Waals surface area contributed by atoms with Crippen LogP contribution < -0.4 is 0 Å². The maximum Gasteiger partial charge on any atom is 0.332 e. The first-order valence-electron chi connectivity index (χ1n) is 6.67. The van der Waals surface area contributed by atoms with Gasteiger partial charge in [0.1, 0.15) is 0 Å². The fourth-order valence-electron chi connectivity index (χ4n) is 2.35. The summed E-state index contributed by atoms with van der Waals surface area (Å²) in [7, 11) is 0. The van der Waals surface area contributed by atoms with Crippen LogP contribution in [0.5, 0.6) is 0 Å². The van der Waals surface area contributed by atoms with Crippen molar-refractivity contribution in [1.29, 1.82) is 0 Å². The summed E-state index contributed by atoms with van der Waals surface area (Å²) in [6, 6.07) is -0.104. The second kappa shape index (κ2) is 7.69. The number of carbonyl (C=O) groups is 2. The average Bonchev–Trinajstić information content (AvgIpc) is 2.45. The summed E-state index contributed by atoms with van der Waals surface area (Å²) in [5.74, 6) is -1.49. The molecule has 2 amide bonds. The van der Waals surface area contributed by atoms with Gasteiger partial charge in [0.25, 0.3) is 0 Å². The van der Waals surface area contributed by atoms with Crippen molar-refractivity contribution < 1.29 is 19.8 Å². The Labute approximate surface area is 119 Å². The van der Waals surface area contributed by atoms with Crippen LogP contribution in [0.4, 0.5) is 4.79 Å². The van der Waals surface area contributed by atoms with E-state index in [-0.39, 0.29) is 11.9 Å². The monoisotopic (exact) mass is 282 g/mol. The molecule has 2 N–H and O–H groups in total. The number of urea groups is 1. The molecule has 0 aromatic carbocycles. The van der Waals surface area contributed by atoms with Crippen molar-refractivity contribution in [2.45, 2.75) is 18.9 Å². The number of carboxylic acid groups (broad SMARTS) is 1. The van der Waals surface area contributed by atoms with Gasteiger partial charge in [0.05, 0.1) is 0 Å². The third-order valence-corrected chi connectivity index (χ3v) is 3.48. The molecule has 1 fully saturated rings. The van der Waals surface area contributed by atoms with Gasteiger partial charge in [-0.25, -0.2) is 9.59 Å². The van der Waals surface area contributed by atoms with Gasteiger partial charge in [0.2, 0.25) is 0 Å². The molecule has 0 saturated carbocycles. The average molecular weight is 282 g/mol. The van der Waals surface area contributed by atoms with E-state index < -0.39 is 12.1 Å². The third-order valence-electron chi connectivity index (χ3n) is 3.48. The van der Waals surface area contributed by atoms with Gasteiger partial charge in [-0.2, -0.15) is 0 Å². The Kier molecular flexibility index (Phi) is 6.24. The molecular formula is C14H22N2O4. The summed E-state index contributed by atoms with van der Waals surface area (Å²) in [6.07, 6.45) is 2.96. The van der Waals surface area contributed by atoms with Crippen LogP contribution in [0.25, 0.3) is 0 Å². The zero-order chi connectivity index (χ0) is 15.1. The van der Waals surface area contributed by atoms with Crippen LogP contribution in [0.15, 0.2) is 25.3 Å². The van der Waals surface area contributed by atoms with E-state index in [4.69, 9.17) is 5.11 Å². The molecule has 1 aliphatic rings. The minimum Gasteiger partial charge on any atom is -0.479 e. The molecule has 1 rings (SSSR count). The largest absolute Gasteiger partial charge is 0.479 e. The van der Waals surface area contributed by atoms with E-state index in [0.717, 1.165) is 0 Å². The third kappa shape index (κ3) is 4.09. The van der Waals surface area contributed by atoms with E-state index in [9.17, 15) is 14.7 Å². The predicted octanol–water partition coefficient (Wildman–Crippen LogP) is 0.938. The van der Waals surface area contributed by atoms with Crippen molar-refractivity contribution in [3.63, 3.8) is 0 Å². The van der Waals surface area contributed by atoms with Crippen molar-refractivity contribution in [2.75, 3.05) is 26.2 Å². The van der Waals surface area contributed by atoms with E-state index in [2.05, 4.69) is 13.2 Å². The normalized spacial score (nSPS) is 17.4. The highest BCUT2D eigenvalue weighted by atomic mass is 16.4. The van der Waals surface area contributed by atoms with Crippen molar-refractivity contribution in [3.05, 3.63) is 25.3 Å². The SMILES string of the molecule is C=CCN(CC=C)C(=O)N1CCC(C(O)C(=O)O)CC1. The van der Waals surface area contributed by atoms with Crippen LogP contribution in [0, 0.1) is 5.92 Å². The molecular weight excluding hydrogens is 260 g/mol. The molecule has 6 nitrogen and oxygen atoms in total. The Morgan fingerprint density at radius 3 is 2.15 bits per heavy atom. The van der Waals surface area contributed by atoms with E-state index in [0.29, 0.717) is 39.0 Å². The number of nitrogens with zero attached hydrogens (tertiary/aromatic N) is 2. The van der Waals surface area contributed by atoms with E-state index >= 15 is 0 Å². The first kappa shape index (κ1) is 16.2. The predicted molar refractivity (Wildman–Crippen MR) is 75.3 cm³/mol. The molecule has 20 heavy (non-hydrogen) atoms. The van der Waals surface area contributed by atoms with Crippen molar-refractivity contribution in [2.24, 2.45) is 5.92 Å². The molecule has 0 spiro atoms. The van der Waals surface area contributed by atoms with Gasteiger partial charge in [-0.3, -0.25) is 0 Å². The fraction of sp³-hybridized carbons (Fsp3) is 0.571. The number of amides is 2. The lowest BCUT2D eigenvalue weighted by Crippen LogP contribution is -2.48. The molecule has 6 heteroatoms. The van der Waals surface area contributed by atoms with Crippen LogP contribution in [0.2, 0.25) is 0 Å². The van der Waals surface area contributed by atoms with Crippen molar-refractivity contribution in [3.8, 4) is 0 Å². The molecule has 1 heterocycles.